The summed E-state index contributed by atoms with van der Waals surface area (Å²) < 4.78 is 0. The zero-order chi connectivity index (χ0) is 12.0. The van der Waals surface area contributed by atoms with Crippen molar-refractivity contribution in [2.24, 2.45) is 5.73 Å². The minimum Gasteiger partial charge on any atom is -0.355 e. The van der Waals surface area contributed by atoms with Crippen LogP contribution in [-0.4, -0.2) is 30.4 Å². The molecule has 100 valence electrons. The predicted molar refractivity (Wildman–Crippen MR) is 68.9 cm³/mol. The Balaban J connectivity index is 0.00000256. The van der Waals surface area contributed by atoms with Gasteiger partial charge in [0.25, 0.3) is 0 Å². The van der Waals surface area contributed by atoms with Gasteiger partial charge < -0.3 is 16.4 Å². The van der Waals surface area contributed by atoms with Crippen LogP contribution >= 0.6 is 12.4 Å². The molecule has 1 rings (SSSR count). The summed E-state index contributed by atoms with van der Waals surface area (Å²) in [6.45, 7) is 2.43. The first-order valence-electron chi connectivity index (χ1n) is 5.92. The molecule has 0 radical (unpaired) electrons. The lowest BCUT2D eigenvalue weighted by Gasteiger charge is -2.31. The lowest BCUT2D eigenvalue weighted by atomic mass is 9.82. The van der Waals surface area contributed by atoms with E-state index in [1.165, 1.54) is 0 Å². The minimum absolute atomic E-state index is 0. The second-order valence-corrected chi connectivity index (χ2v) is 4.35. The van der Waals surface area contributed by atoms with Crippen LogP contribution in [0.4, 0.5) is 0 Å². The Morgan fingerprint density at radius 3 is 2.29 bits per heavy atom. The Morgan fingerprint density at radius 1 is 1.18 bits per heavy atom. The zero-order valence-electron chi connectivity index (χ0n) is 10.3. The summed E-state index contributed by atoms with van der Waals surface area (Å²) in [6.07, 6.45) is 4.56. The molecule has 5 nitrogen and oxygen atoms in total. The van der Waals surface area contributed by atoms with Gasteiger partial charge in [-0.25, -0.2) is 0 Å². The molecule has 0 unspecified atom stereocenters. The Bertz CT molecular complexity index is 265. The van der Waals surface area contributed by atoms with Crippen molar-refractivity contribution in [2.75, 3.05) is 13.1 Å². The Kier molecular flexibility index (Phi) is 7.15. The molecule has 0 aliphatic heterocycles. The number of amides is 2. The van der Waals surface area contributed by atoms with E-state index >= 15 is 0 Å². The fraction of sp³-hybridized carbons (Fsp3) is 0.818. The third-order valence-electron chi connectivity index (χ3n) is 2.98. The maximum Gasteiger partial charge on any atom is 0.240 e. The third-order valence-corrected chi connectivity index (χ3v) is 2.98. The smallest absolute Gasteiger partial charge is 0.240 e. The molecule has 0 bridgehead atoms. The van der Waals surface area contributed by atoms with Crippen LogP contribution in [-0.2, 0) is 9.59 Å². The van der Waals surface area contributed by atoms with E-state index in [9.17, 15) is 9.59 Å². The van der Waals surface area contributed by atoms with Crippen molar-refractivity contribution < 1.29 is 9.59 Å². The highest BCUT2D eigenvalue weighted by Gasteiger charge is 2.35. The Hall–Kier alpha value is -0.810. The van der Waals surface area contributed by atoms with Crippen LogP contribution in [0.25, 0.3) is 0 Å². The van der Waals surface area contributed by atoms with Gasteiger partial charge in [-0.2, -0.15) is 0 Å². The molecule has 17 heavy (non-hydrogen) atoms. The van der Waals surface area contributed by atoms with Gasteiger partial charge in [0, 0.05) is 6.54 Å². The average Bonchev–Trinajstić information content (AvgIpc) is 2.27. The summed E-state index contributed by atoms with van der Waals surface area (Å²) in [5.41, 5.74) is 5.26. The van der Waals surface area contributed by atoms with E-state index in [-0.39, 0.29) is 30.8 Å². The minimum atomic E-state index is -0.759. The molecule has 2 amide bonds. The molecule has 0 saturated heterocycles. The quantitative estimate of drug-likeness (QED) is 0.683. The lowest BCUT2D eigenvalue weighted by Crippen LogP contribution is -2.56. The SMILES string of the molecule is CCNC(=O)CNC(=O)C1(N)CCCCC1.Cl. The number of likely N-dealkylation sites (N-methyl/N-ethyl adjacent to an activating group) is 1. The Morgan fingerprint density at radius 2 is 1.76 bits per heavy atom. The molecule has 0 spiro atoms. The number of nitrogens with two attached hydrogens (primary N) is 1. The van der Waals surface area contributed by atoms with Crippen LogP contribution < -0.4 is 16.4 Å². The molecule has 0 atom stereocenters. The molecular formula is C11H22ClN3O2. The summed E-state index contributed by atoms with van der Waals surface area (Å²) in [5.74, 6) is -0.367. The van der Waals surface area contributed by atoms with Crippen molar-refractivity contribution >= 4 is 24.2 Å². The van der Waals surface area contributed by atoms with Gasteiger partial charge in [-0.3, -0.25) is 9.59 Å². The largest absolute Gasteiger partial charge is 0.355 e. The van der Waals surface area contributed by atoms with Gasteiger partial charge >= 0.3 is 0 Å². The van der Waals surface area contributed by atoms with Crippen LogP contribution in [0.15, 0.2) is 0 Å². The fourth-order valence-corrected chi connectivity index (χ4v) is 2.01. The van der Waals surface area contributed by atoms with E-state index in [0.717, 1.165) is 19.3 Å². The van der Waals surface area contributed by atoms with Crippen molar-refractivity contribution in [3.63, 3.8) is 0 Å². The van der Waals surface area contributed by atoms with Crippen LogP contribution in [0, 0.1) is 0 Å². The van der Waals surface area contributed by atoms with Gasteiger partial charge in [-0.15, -0.1) is 12.4 Å². The summed E-state index contributed by atoms with van der Waals surface area (Å²) in [5, 5.41) is 5.22. The highest BCUT2D eigenvalue weighted by atomic mass is 35.5. The Labute approximate surface area is 108 Å². The van der Waals surface area contributed by atoms with Crippen molar-refractivity contribution in [2.45, 2.75) is 44.6 Å². The maximum atomic E-state index is 11.8. The van der Waals surface area contributed by atoms with Gasteiger partial charge in [0.2, 0.25) is 11.8 Å². The first kappa shape index (κ1) is 16.2. The molecule has 0 aromatic rings. The van der Waals surface area contributed by atoms with E-state index in [1.807, 2.05) is 6.92 Å². The molecule has 1 aliphatic rings. The van der Waals surface area contributed by atoms with Gasteiger partial charge in [-0.1, -0.05) is 19.3 Å². The number of carbonyl (C=O) groups is 2. The van der Waals surface area contributed by atoms with E-state index in [1.54, 1.807) is 0 Å². The molecule has 1 aliphatic carbocycles. The monoisotopic (exact) mass is 263 g/mol. The number of hydrogen-bond donors (Lipinski definition) is 3. The number of hydrogen-bond acceptors (Lipinski definition) is 3. The number of carbonyl (C=O) groups excluding carboxylic acids is 2. The number of rotatable bonds is 4. The highest BCUT2D eigenvalue weighted by molar-refractivity contribution is 5.90. The van der Waals surface area contributed by atoms with Gasteiger partial charge in [-0.05, 0) is 19.8 Å². The standard InChI is InChI=1S/C11H21N3O2.ClH/c1-2-13-9(15)8-14-10(16)11(12)6-4-3-5-7-11;/h2-8,12H2,1H3,(H,13,15)(H,14,16);1H. The van der Waals surface area contributed by atoms with E-state index in [2.05, 4.69) is 10.6 Å². The number of nitrogens with one attached hydrogen (secondary N) is 2. The van der Waals surface area contributed by atoms with Crippen molar-refractivity contribution in [3.05, 3.63) is 0 Å². The van der Waals surface area contributed by atoms with E-state index in [4.69, 9.17) is 5.73 Å². The first-order chi connectivity index (χ1) is 7.58. The summed E-state index contributed by atoms with van der Waals surface area (Å²) >= 11 is 0. The molecule has 1 fully saturated rings. The molecule has 1 saturated carbocycles. The summed E-state index contributed by atoms with van der Waals surface area (Å²) in [6, 6.07) is 0. The van der Waals surface area contributed by atoms with Crippen LogP contribution in [0.5, 0.6) is 0 Å². The molecule has 6 heteroatoms. The predicted octanol–water partition coefficient (Wildman–Crippen LogP) is 0.322. The van der Waals surface area contributed by atoms with Crippen LogP contribution in [0.2, 0.25) is 0 Å². The van der Waals surface area contributed by atoms with Gasteiger partial charge in [0.15, 0.2) is 0 Å². The molecule has 0 aromatic carbocycles. The lowest BCUT2D eigenvalue weighted by molar-refractivity contribution is -0.130. The second-order valence-electron chi connectivity index (χ2n) is 4.35. The van der Waals surface area contributed by atoms with E-state index < -0.39 is 5.54 Å². The van der Waals surface area contributed by atoms with Gasteiger partial charge in [0.05, 0.1) is 12.1 Å². The first-order valence-corrected chi connectivity index (χ1v) is 5.92. The molecule has 4 N–H and O–H groups in total. The average molecular weight is 264 g/mol. The van der Waals surface area contributed by atoms with E-state index in [0.29, 0.717) is 19.4 Å². The van der Waals surface area contributed by atoms with Gasteiger partial charge in [0.1, 0.15) is 0 Å². The van der Waals surface area contributed by atoms with Crippen molar-refractivity contribution in [1.82, 2.24) is 10.6 Å². The van der Waals surface area contributed by atoms with Crippen molar-refractivity contribution in [1.29, 1.82) is 0 Å². The zero-order valence-corrected chi connectivity index (χ0v) is 11.1. The molecular weight excluding hydrogens is 242 g/mol. The summed E-state index contributed by atoms with van der Waals surface area (Å²) in [4.78, 5) is 23.0. The van der Waals surface area contributed by atoms with Crippen LogP contribution in [0.1, 0.15) is 39.0 Å². The number of halogens is 1. The summed E-state index contributed by atoms with van der Waals surface area (Å²) in [7, 11) is 0. The van der Waals surface area contributed by atoms with Crippen molar-refractivity contribution in [3.8, 4) is 0 Å². The topological polar surface area (TPSA) is 84.2 Å². The normalized spacial score (nSPS) is 17.8. The second kappa shape index (κ2) is 7.50. The highest BCUT2D eigenvalue weighted by Crippen LogP contribution is 2.25. The maximum absolute atomic E-state index is 11.8. The third kappa shape index (κ3) is 4.91. The molecule has 0 heterocycles. The fourth-order valence-electron chi connectivity index (χ4n) is 2.01. The van der Waals surface area contributed by atoms with Crippen LogP contribution in [0.3, 0.4) is 0 Å². The molecule has 0 aromatic heterocycles.